The highest BCUT2D eigenvalue weighted by Gasteiger charge is 2.23. The van der Waals surface area contributed by atoms with E-state index in [9.17, 15) is 0 Å². The summed E-state index contributed by atoms with van der Waals surface area (Å²) in [6.45, 7) is 1.98. The first-order valence-electron chi connectivity index (χ1n) is 5.30. The number of aryl methyl sites for hydroxylation is 1. The van der Waals surface area contributed by atoms with Crippen LogP contribution < -0.4 is 5.32 Å². The van der Waals surface area contributed by atoms with Gasteiger partial charge in [0.1, 0.15) is 5.01 Å². The van der Waals surface area contributed by atoms with Crippen LogP contribution in [0.15, 0.2) is 9.90 Å². The number of hydrogen-bond acceptors (Lipinski definition) is 6. The zero-order chi connectivity index (χ0) is 11.0. The fourth-order valence-corrected chi connectivity index (χ4v) is 2.17. The molecule has 1 saturated carbocycles. The molecule has 3 rings (SSSR count). The lowest BCUT2D eigenvalue weighted by molar-refractivity contribution is 0.423. The van der Waals surface area contributed by atoms with Crippen LogP contribution in [0, 0.1) is 6.92 Å². The van der Waals surface area contributed by atoms with Gasteiger partial charge >= 0.3 is 6.01 Å². The Morgan fingerprint density at radius 1 is 1.50 bits per heavy atom. The van der Waals surface area contributed by atoms with Crippen LogP contribution >= 0.6 is 11.3 Å². The topological polar surface area (TPSA) is 63.8 Å². The van der Waals surface area contributed by atoms with Crippen LogP contribution in [0.25, 0.3) is 0 Å². The molecule has 2 aromatic rings. The Kier molecular flexibility index (Phi) is 2.36. The van der Waals surface area contributed by atoms with Gasteiger partial charge in [-0.2, -0.15) is 4.98 Å². The summed E-state index contributed by atoms with van der Waals surface area (Å²) in [5.74, 6) is 0.692. The van der Waals surface area contributed by atoms with Crippen molar-refractivity contribution in [3.63, 3.8) is 0 Å². The van der Waals surface area contributed by atoms with Gasteiger partial charge in [0.2, 0.25) is 0 Å². The third-order valence-corrected chi connectivity index (χ3v) is 3.32. The third kappa shape index (κ3) is 2.21. The van der Waals surface area contributed by atoms with E-state index >= 15 is 0 Å². The minimum atomic E-state index is 0.533. The second-order valence-electron chi connectivity index (χ2n) is 3.99. The Balaban J connectivity index is 1.67. The van der Waals surface area contributed by atoms with Crippen molar-refractivity contribution < 1.29 is 4.52 Å². The number of anilines is 1. The van der Waals surface area contributed by atoms with Crippen molar-refractivity contribution in [2.45, 2.75) is 32.2 Å². The molecular formula is C10H12N4OS. The predicted molar refractivity (Wildman–Crippen MR) is 60.6 cm³/mol. The molecule has 1 aliphatic rings. The van der Waals surface area contributed by atoms with Crippen LogP contribution in [-0.2, 0) is 6.42 Å². The predicted octanol–water partition coefficient (Wildman–Crippen LogP) is 2.00. The lowest BCUT2D eigenvalue weighted by atomic mass is 10.4. The van der Waals surface area contributed by atoms with Crippen molar-refractivity contribution in [2.24, 2.45) is 0 Å². The average Bonchev–Trinajstić information content (AvgIpc) is 2.80. The summed E-state index contributed by atoms with van der Waals surface area (Å²) in [7, 11) is 0. The first-order chi connectivity index (χ1) is 7.79. The van der Waals surface area contributed by atoms with E-state index in [0.29, 0.717) is 24.3 Å². The Hall–Kier alpha value is -1.43. The Morgan fingerprint density at radius 2 is 2.38 bits per heavy atom. The smallest absolute Gasteiger partial charge is 0.321 e. The summed E-state index contributed by atoms with van der Waals surface area (Å²) in [4.78, 5) is 8.64. The lowest BCUT2D eigenvalue weighted by Crippen LogP contribution is -2.00. The van der Waals surface area contributed by atoms with E-state index in [2.05, 4.69) is 20.4 Å². The maximum Gasteiger partial charge on any atom is 0.321 e. The highest BCUT2D eigenvalue weighted by molar-refractivity contribution is 7.09. The van der Waals surface area contributed by atoms with Crippen molar-refractivity contribution >= 4 is 17.4 Å². The Bertz CT molecular complexity index is 488. The second kappa shape index (κ2) is 3.86. The summed E-state index contributed by atoms with van der Waals surface area (Å²) in [6.07, 6.45) is 3.04. The van der Waals surface area contributed by atoms with Gasteiger partial charge < -0.3 is 9.84 Å². The molecule has 0 radical (unpaired) electrons. The van der Waals surface area contributed by atoms with E-state index in [1.54, 1.807) is 11.3 Å². The first kappa shape index (κ1) is 9.77. The van der Waals surface area contributed by atoms with Gasteiger partial charge in [-0.15, -0.1) is 11.3 Å². The molecule has 5 nitrogen and oxygen atoms in total. The Labute approximate surface area is 96.9 Å². The van der Waals surface area contributed by atoms with Crippen LogP contribution in [-0.4, -0.2) is 21.2 Å². The molecule has 0 unspecified atom stereocenters. The fourth-order valence-electron chi connectivity index (χ4n) is 1.41. The van der Waals surface area contributed by atoms with E-state index in [4.69, 9.17) is 4.52 Å². The summed E-state index contributed by atoms with van der Waals surface area (Å²) < 4.78 is 5.10. The molecule has 2 aromatic heterocycles. The van der Waals surface area contributed by atoms with Crippen molar-refractivity contribution in [1.29, 1.82) is 0 Å². The van der Waals surface area contributed by atoms with E-state index < -0.39 is 0 Å². The molecule has 1 fully saturated rings. The molecule has 0 aromatic carbocycles. The van der Waals surface area contributed by atoms with Crippen LogP contribution in [0.3, 0.4) is 0 Å². The maximum atomic E-state index is 5.10. The normalized spacial score (nSPS) is 15.3. The van der Waals surface area contributed by atoms with Crippen LogP contribution in [0.4, 0.5) is 6.01 Å². The summed E-state index contributed by atoms with van der Waals surface area (Å²) in [5.41, 5.74) is 1.04. The van der Waals surface area contributed by atoms with Gasteiger partial charge in [-0.25, -0.2) is 4.98 Å². The molecule has 16 heavy (non-hydrogen) atoms. The van der Waals surface area contributed by atoms with Crippen LogP contribution in [0.5, 0.6) is 0 Å². The number of nitrogens with one attached hydrogen (secondary N) is 1. The molecule has 0 atom stereocenters. The molecule has 0 aliphatic heterocycles. The van der Waals surface area contributed by atoms with Gasteiger partial charge in [0, 0.05) is 17.1 Å². The van der Waals surface area contributed by atoms with Crippen molar-refractivity contribution in [1.82, 2.24) is 15.1 Å². The van der Waals surface area contributed by atoms with E-state index in [0.717, 1.165) is 10.7 Å². The van der Waals surface area contributed by atoms with Crippen molar-refractivity contribution in [2.75, 3.05) is 5.32 Å². The van der Waals surface area contributed by atoms with Gasteiger partial charge in [-0.05, 0) is 19.8 Å². The molecule has 1 aliphatic carbocycles. The van der Waals surface area contributed by atoms with Crippen LogP contribution in [0.2, 0.25) is 0 Å². The third-order valence-electron chi connectivity index (χ3n) is 2.35. The van der Waals surface area contributed by atoms with Gasteiger partial charge in [0.25, 0.3) is 0 Å². The molecule has 84 valence electrons. The van der Waals surface area contributed by atoms with Gasteiger partial charge in [0.15, 0.2) is 5.82 Å². The summed E-state index contributed by atoms with van der Waals surface area (Å²) in [5, 5.41) is 10.1. The SMILES string of the molecule is Cc1csc(Cc2noc(NC3CC3)n2)n1. The van der Waals surface area contributed by atoms with E-state index in [1.165, 1.54) is 12.8 Å². The minimum Gasteiger partial charge on any atom is -0.335 e. The highest BCUT2D eigenvalue weighted by atomic mass is 32.1. The molecule has 6 heteroatoms. The first-order valence-corrected chi connectivity index (χ1v) is 6.18. The van der Waals surface area contributed by atoms with E-state index in [-0.39, 0.29) is 0 Å². The molecule has 0 bridgehead atoms. The Morgan fingerprint density at radius 3 is 3.06 bits per heavy atom. The second-order valence-corrected chi connectivity index (χ2v) is 4.94. The lowest BCUT2D eigenvalue weighted by Gasteiger charge is -1.92. The number of thiazole rings is 1. The average molecular weight is 236 g/mol. The molecule has 0 amide bonds. The van der Waals surface area contributed by atoms with Crippen molar-refractivity contribution in [3.8, 4) is 0 Å². The standard InChI is InChI=1S/C10H12N4OS/c1-6-5-16-9(11-6)4-8-13-10(15-14-8)12-7-2-3-7/h5,7H,2-4H2,1H3,(H,12,13,14). The largest absolute Gasteiger partial charge is 0.335 e. The fraction of sp³-hybridized carbons (Fsp3) is 0.500. The number of aromatic nitrogens is 3. The van der Waals surface area contributed by atoms with Gasteiger partial charge in [-0.3, -0.25) is 0 Å². The van der Waals surface area contributed by atoms with Gasteiger partial charge in [-0.1, -0.05) is 5.16 Å². The summed E-state index contributed by atoms with van der Waals surface area (Å²) in [6, 6.07) is 1.07. The molecule has 0 spiro atoms. The monoisotopic (exact) mass is 236 g/mol. The zero-order valence-electron chi connectivity index (χ0n) is 8.93. The number of hydrogen-bond donors (Lipinski definition) is 1. The van der Waals surface area contributed by atoms with Crippen LogP contribution in [0.1, 0.15) is 29.4 Å². The molecule has 1 N–H and O–H groups in total. The quantitative estimate of drug-likeness (QED) is 0.879. The highest BCUT2D eigenvalue weighted by Crippen LogP contribution is 2.23. The maximum absolute atomic E-state index is 5.10. The molecular weight excluding hydrogens is 224 g/mol. The minimum absolute atomic E-state index is 0.533. The number of nitrogens with zero attached hydrogens (tertiary/aromatic N) is 3. The van der Waals surface area contributed by atoms with Gasteiger partial charge in [0.05, 0.1) is 6.42 Å². The molecule has 2 heterocycles. The zero-order valence-corrected chi connectivity index (χ0v) is 9.75. The van der Waals surface area contributed by atoms with Crippen molar-refractivity contribution in [3.05, 3.63) is 21.9 Å². The number of rotatable bonds is 4. The molecule has 0 saturated heterocycles. The van der Waals surface area contributed by atoms with E-state index in [1.807, 2.05) is 12.3 Å². The summed E-state index contributed by atoms with van der Waals surface area (Å²) >= 11 is 1.63.